The fourth-order valence-corrected chi connectivity index (χ4v) is 2.55. The smallest absolute Gasteiger partial charge is 0.423 e. The molecule has 1 aromatic heterocycles. The third-order valence-electron chi connectivity index (χ3n) is 3.29. The summed E-state index contributed by atoms with van der Waals surface area (Å²) < 4.78 is 1.53. The normalized spacial score (nSPS) is 11.7. The van der Waals surface area contributed by atoms with E-state index in [1.54, 1.807) is 42.4 Å². The van der Waals surface area contributed by atoms with Crippen LogP contribution in [-0.4, -0.2) is 46.3 Å². The molecule has 0 saturated heterocycles. The van der Waals surface area contributed by atoms with Crippen molar-refractivity contribution in [3.05, 3.63) is 30.5 Å². The third kappa shape index (κ3) is 3.28. The molecule has 1 amide bonds. The third-order valence-corrected chi connectivity index (χ3v) is 3.29. The Kier molecular flexibility index (Phi) is 4.12. The van der Waals surface area contributed by atoms with Crippen LogP contribution in [0.4, 0.5) is 4.79 Å². The minimum Gasteiger partial charge on any atom is -0.423 e. The zero-order chi connectivity index (χ0) is 15.8. The topological polar surface area (TPSA) is 65.7 Å². The summed E-state index contributed by atoms with van der Waals surface area (Å²) in [4.78, 5) is 14.2. The van der Waals surface area contributed by atoms with E-state index in [0.717, 1.165) is 0 Å². The minimum atomic E-state index is -1.55. The lowest BCUT2D eigenvalue weighted by Crippen LogP contribution is -2.37. The van der Waals surface area contributed by atoms with Crippen molar-refractivity contribution in [1.29, 1.82) is 0 Å². The Morgan fingerprint density at radius 3 is 2.52 bits per heavy atom. The molecule has 6 heteroatoms. The van der Waals surface area contributed by atoms with Gasteiger partial charge in [0.1, 0.15) is 0 Å². The highest BCUT2D eigenvalue weighted by atomic mass is 16.4. The van der Waals surface area contributed by atoms with Gasteiger partial charge in [0.2, 0.25) is 0 Å². The average molecular weight is 288 g/mol. The number of benzene rings is 1. The van der Waals surface area contributed by atoms with E-state index in [0.29, 0.717) is 22.9 Å². The van der Waals surface area contributed by atoms with E-state index in [9.17, 15) is 14.8 Å². The Balaban J connectivity index is 2.39. The van der Waals surface area contributed by atoms with Gasteiger partial charge >= 0.3 is 13.1 Å². The van der Waals surface area contributed by atoms with Crippen LogP contribution in [0.2, 0.25) is 0 Å². The predicted molar refractivity (Wildman–Crippen MR) is 84.6 cm³/mol. The standard InChI is InChI=1S/C15H21BN2O3/c1-15(2,3)10-17(4)14(19)18-9-8-11-12(16(20)21)6-5-7-13(11)18/h5-9,20-21H,10H2,1-4H3. The van der Waals surface area contributed by atoms with Gasteiger partial charge in [0, 0.05) is 19.8 Å². The van der Waals surface area contributed by atoms with E-state index in [-0.39, 0.29) is 11.4 Å². The molecular weight excluding hydrogens is 267 g/mol. The second-order valence-electron chi connectivity index (χ2n) is 6.54. The highest BCUT2D eigenvalue weighted by molar-refractivity contribution is 6.61. The van der Waals surface area contributed by atoms with Crippen LogP contribution in [0.5, 0.6) is 0 Å². The number of nitrogens with zero attached hydrogens (tertiary/aromatic N) is 2. The highest BCUT2D eigenvalue weighted by Crippen LogP contribution is 2.18. The fourth-order valence-electron chi connectivity index (χ4n) is 2.55. The number of rotatable bonds is 2. The first-order valence-electron chi connectivity index (χ1n) is 6.92. The Labute approximate surface area is 124 Å². The van der Waals surface area contributed by atoms with Crippen molar-refractivity contribution < 1.29 is 14.8 Å². The summed E-state index contributed by atoms with van der Waals surface area (Å²) in [7, 11) is 0.219. The first-order chi connectivity index (χ1) is 9.70. The maximum atomic E-state index is 12.5. The first-order valence-corrected chi connectivity index (χ1v) is 6.92. The molecule has 0 radical (unpaired) electrons. The zero-order valence-electron chi connectivity index (χ0n) is 12.9. The van der Waals surface area contributed by atoms with E-state index >= 15 is 0 Å². The van der Waals surface area contributed by atoms with Gasteiger partial charge in [-0.15, -0.1) is 0 Å². The Hall–Kier alpha value is -1.79. The van der Waals surface area contributed by atoms with Gasteiger partial charge in [-0.3, -0.25) is 4.57 Å². The van der Waals surface area contributed by atoms with E-state index in [4.69, 9.17) is 0 Å². The van der Waals surface area contributed by atoms with Gasteiger partial charge in [-0.05, 0) is 28.4 Å². The second kappa shape index (κ2) is 5.54. The molecule has 0 unspecified atom stereocenters. The fraction of sp³-hybridized carbons (Fsp3) is 0.400. The van der Waals surface area contributed by atoms with Gasteiger partial charge in [-0.2, -0.15) is 0 Å². The van der Waals surface area contributed by atoms with E-state index in [1.807, 2.05) is 0 Å². The quantitative estimate of drug-likeness (QED) is 0.818. The number of fused-ring (bicyclic) bond motifs is 1. The van der Waals surface area contributed by atoms with E-state index < -0.39 is 7.12 Å². The summed E-state index contributed by atoms with van der Waals surface area (Å²) in [5.74, 6) is 0. The van der Waals surface area contributed by atoms with Crippen molar-refractivity contribution in [2.75, 3.05) is 13.6 Å². The molecule has 1 aromatic carbocycles. The summed E-state index contributed by atoms with van der Waals surface area (Å²) in [6.45, 7) is 6.86. The van der Waals surface area contributed by atoms with Crippen molar-refractivity contribution >= 4 is 29.5 Å². The first kappa shape index (κ1) is 15.6. The van der Waals surface area contributed by atoms with Crippen molar-refractivity contribution in [2.45, 2.75) is 20.8 Å². The van der Waals surface area contributed by atoms with Gasteiger partial charge in [0.05, 0.1) is 5.52 Å². The highest BCUT2D eigenvalue weighted by Gasteiger charge is 2.21. The number of carbonyl (C=O) groups is 1. The summed E-state index contributed by atoms with van der Waals surface area (Å²) >= 11 is 0. The molecular formula is C15H21BN2O3. The molecule has 1 heterocycles. The molecule has 0 saturated carbocycles. The van der Waals surface area contributed by atoms with Crippen LogP contribution in [0.1, 0.15) is 20.8 Å². The lowest BCUT2D eigenvalue weighted by molar-refractivity contribution is 0.191. The van der Waals surface area contributed by atoms with Gasteiger partial charge in [0.25, 0.3) is 0 Å². The lowest BCUT2D eigenvalue weighted by atomic mass is 9.78. The number of amides is 1. The Bertz CT molecular complexity index is 658. The maximum absolute atomic E-state index is 12.5. The molecule has 21 heavy (non-hydrogen) atoms. The molecule has 0 aliphatic heterocycles. The molecule has 2 rings (SSSR count). The molecule has 0 atom stereocenters. The van der Waals surface area contributed by atoms with Crippen molar-refractivity contribution in [3.8, 4) is 0 Å². The molecule has 5 nitrogen and oxygen atoms in total. The largest absolute Gasteiger partial charge is 0.489 e. The van der Waals surface area contributed by atoms with Crippen LogP contribution >= 0.6 is 0 Å². The number of hydrogen-bond donors (Lipinski definition) is 2. The molecule has 0 bridgehead atoms. The molecule has 112 valence electrons. The monoisotopic (exact) mass is 288 g/mol. The Morgan fingerprint density at radius 1 is 1.29 bits per heavy atom. The Morgan fingerprint density at radius 2 is 1.95 bits per heavy atom. The van der Waals surface area contributed by atoms with Crippen LogP contribution in [0.15, 0.2) is 30.5 Å². The van der Waals surface area contributed by atoms with E-state index in [2.05, 4.69) is 20.8 Å². The van der Waals surface area contributed by atoms with Gasteiger partial charge in [-0.1, -0.05) is 32.9 Å². The molecule has 2 N–H and O–H groups in total. The van der Waals surface area contributed by atoms with Crippen LogP contribution in [-0.2, 0) is 0 Å². The van der Waals surface area contributed by atoms with Crippen LogP contribution < -0.4 is 5.46 Å². The summed E-state index contributed by atoms with van der Waals surface area (Å²) in [5, 5.41) is 19.4. The lowest BCUT2D eigenvalue weighted by Gasteiger charge is -2.26. The minimum absolute atomic E-state index is 0.0137. The number of aromatic nitrogens is 1. The summed E-state index contributed by atoms with van der Waals surface area (Å²) in [6, 6.07) is 6.74. The van der Waals surface area contributed by atoms with Crippen LogP contribution in [0, 0.1) is 5.41 Å². The molecule has 2 aromatic rings. The van der Waals surface area contributed by atoms with Crippen LogP contribution in [0.3, 0.4) is 0 Å². The van der Waals surface area contributed by atoms with Gasteiger partial charge in [-0.25, -0.2) is 4.79 Å². The molecule has 0 aliphatic carbocycles. The van der Waals surface area contributed by atoms with Gasteiger partial charge in [0.15, 0.2) is 0 Å². The van der Waals surface area contributed by atoms with E-state index in [1.165, 1.54) is 4.57 Å². The zero-order valence-corrected chi connectivity index (χ0v) is 12.9. The second-order valence-corrected chi connectivity index (χ2v) is 6.54. The number of carbonyl (C=O) groups excluding carboxylic acids is 1. The average Bonchev–Trinajstić information content (AvgIpc) is 2.78. The summed E-state index contributed by atoms with van der Waals surface area (Å²) in [6.07, 6.45) is 1.66. The number of hydrogen-bond acceptors (Lipinski definition) is 3. The van der Waals surface area contributed by atoms with Crippen LogP contribution in [0.25, 0.3) is 10.9 Å². The predicted octanol–water partition coefficient (Wildman–Crippen LogP) is 1.27. The molecule has 0 aliphatic rings. The van der Waals surface area contributed by atoms with Gasteiger partial charge < -0.3 is 14.9 Å². The van der Waals surface area contributed by atoms with Crippen molar-refractivity contribution in [1.82, 2.24) is 9.47 Å². The molecule has 0 fully saturated rings. The molecule has 0 spiro atoms. The van der Waals surface area contributed by atoms with Crippen molar-refractivity contribution in [2.24, 2.45) is 5.41 Å². The van der Waals surface area contributed by atoms with Crippen molar-refractivity contribution in [3.63, 3.8) is 0 Å². The maximum Gasteiger partial charge on any atom is 0.489 e. The summed E-state index contributed by atoms with van der Waals surface area (Å²) in [5.41, 5.74) is 1.09. The SMILES string of the molecule is CN(CC(C)(C)C)C(=O)n1ccc2c(B(O)O)cccc21.